The van der Waals surface area contributed by atoms with Gasteiger partial charge >= 0.3 is 0 Å². The molecule has 0 aliphatic carbocycles. The van der Waals surface area contributed by atoms with Crippen LogP contribution >= 0.6 is 0 Å². The maximum absolute atomic E-state index is 3.49. The van der Waals surface area contributed by atoms with Gasteiger partial charge in [0.05, 0.1) is 0 Å². The second kappa shape index (κ2) is 6.77. The normalized spacial score (nSPS) is 13.0. The van der Waals surface area contributed by atoms with Gasteiger partial charge in [-0.15, -0.1) is 0 Å². The Morgan fingerprint density at radius 1 is 0.952 bits per heavy atom. The fraction of sp³-hybridized carbons (Fsp3) is 0.368. The summed E-state index contributed by atoms with van der Waals surface area (Å²) in [4.78, 5) is 2.33. The van der Waals surface area contributed by atoms with Crippen molar-refractivity contribution in [2.45, 2.75) is 19.9 Å². The molecule has 0 bridgehead atoms. The molecule has 0 saturated carbocycles. The van der Waals surface area contributed by atoms with Gasteiger partial charge in [0.1, 0.15) is 0 Å². The maximum atomic E-state index is 3.49. The van der Waals surface area contributed by atoms with Crippen molar-refractivity contribution in [3.05, 3.63) is 66.2 Å². The Morgan fingerprint density at radius 3 is 2.00 bits per heavy atom. The van der Waals surface area contributed by atoms with E-state index in [-0.39, 0.29) is 5.41 Å². The average molecular weight is 282 g/mol. The number of nitrogens with zero attached hydrogens (tertiary/aromatic N) is 1. The second-order valence-corrected chi connectivity index (χ2v) is 6.31. The van der Waals surface area contributed by atoms with Gasteiger partial charge < -0.3 is 10.2 Å². The van der Waals surface area contributed by atoms with Crippen molar-refractivity contribution in [2.24, 2.45) is 5.41 Å². The topological polar surface area (TPSA) is 15.3 Å². The quantitative estimate of drug-likeness (QED) is 0.857. The van der Waals surface area contributed by atoms with Gasteiger partial charge in [0.15, 0.2) is 0 Å². The molecule has 2 aromatic rings. The molecule has 0 radical (unpaired) electrons. The van der Waals surface area contributed by atoms with Crippen LogP contribution in [0, 0.1) is 5.41 Å². The van der Waals surface area contributed by atoms with E-state index in [2.05, 4.69) is 91.8 Å². The maximum Gasteiger partial charge on any atom is 0.0386 e. The first-order valence-electron chi connectivity index (χ1n) is 7.53. The van der Waals surface area contributed by atoms with Crippen molar-refractivity contribution in [1.29, 1.82) is 0 Å². The van der Waals surface area contributed by atoms with Gasteiger partial charge in [-0.1, -0.05) is 62.4 Å². The Balaban J connectivity index is 2.16. The van der Waals surface area contributed by atoms with Crippen LogP contribution in [0.15, 0.2) is 60.7 Å². The Morgan fingerprint density at radius 2 is 1.48 bits per heavy atom. The summed E-state index contributed by atoms with van der Waals surface area (Å²) in [6, 6.07) is 21.6. The number of anilines is 1. The lowest BCUT2D eigenvalue weighted by Gasteiger charge is -2.38. The predicted octanol–water partition coefficient (Wildman–Crippen LogP) is 4.11. The highest BCUT2D eigenvalue weighted by Gasteiger charge is 2.30. The number of para-hydroxylation sites is 1. The van der Waals surface area contributed by atoms with E-state index in [0.717, 1.165) is 6.54 Å². The van der Waals surface area contributed by atoms with Gasteiger partial charge in [0.2, 0.25) is 0 Å². The minimum Gasteiger partial charge on any atom is -0.374 e. The third kappa shape index (κ3) is 3.85. The molecule has 0 amide bonds. The summed E-state index contributed by atoms with van der Waals surface area (Å²) in [6.07, 6.45) is 0. The first-order valence-corrected chi connectivity index (χ1v) is 7.53. The summed E-state index contributed by atoms with van der Waals surface area (Å²) >= 11 is 0. The van der Waals surface area contributed by atoms with E-state index < -0.39 is 0 Å². The van der Waals surface area contributed by atoms with Crippen LogP contribution in [0.5, 0.6) is 0 Å². The zero-order valence-corrected chi connectivity index (χ0v) is 13.5. The lowest BCUT2D eigenvalue weighted by molar-refractivity contribution is 0.262. The van der Waals surface area contributed by atoms with Crippen molar-refractivity contribution in [2.75, 3.05) is 25.5 Å². The van der Waals surface area contributed by atoms with E-state index in [9.17, 15) is 0 Å². The van der Waals surface area contributed by atoms with E-state index in [0.29, 0.717) is 6.04 Å². The molecule has 2 aromatic carbocycles. The first-order chi connectivity index (χ1) is 10.0. The highest BCUT2D eigenvalue weighted by Crippen LogP contribution is 2.34. The number of nitrogens with one attached hydrogen (secondary N) is 1. The van der Waals surface area contributed by atoms with Crippen molar-refractivity contribution in [3.8, 4) is 0 Å². The molecule has 0 spiro atoms. The minimum absolute atomic E-state index is 0.112. The van der Waals surface area contributed by atoms with Crippen LogP contribution in [-0.2, 0) is 0 Å². The predicted molar refractivity (Wildman–Crippen MR) is 91.7 cm³/mol. The van der Waals surface area contributed by atoms with E-state index >= 15 is 0 Å². The van der Waals surface area contributed by atoms with Gasteiger partial charge in [-0.05, 0) is 24.7 Å². The van der Waals surface area contributed by atoms with Crippen LogP contribution in [0.3, 0.4) is 0 Å². The molecule has 2 heteroatoms. The molecule has 0 aromatic heterocycles. The van der Waals surface area contributed by atoms with Crippen LogP contribution in [0.2, 0.25) is 0 Å². The Bertz CT molecular complexity index is 534. The summed E-state index contributed by atoms with van der Waals surface area (Å²) in [5.74, 6) is 0. The van der Waals surface area contributed by atoms with Gasteiger partial charge in [-0.3, -0.25) is 0 Å². The molecule has 112 valence electrons. The van der Waals surface area contributed by atoms with Gasteiger partial charge in [-0.2, -0.15) is 0 Å². The molecule has 1 atom stereocenters. The van der Waals surface area contributed by atoms with Crippen molar-refractivity contribution < 1.29 is 0 Å². The smallest absolute Gasteiger partial charge is 0.0386 e. The molecule has 2 nitrogen and oxygen atoms in total. The first kappa shape index (κ1) is 15.6. The van der Waals surface area contributed by atoms with Gasteiger partial charge in [0, 0.05) is 30.7 Å². The Hall–Kier alpha value is -1.80. The van der Waals surface area contributed by atoms with E-state index in [4.69, 9.17) is 0 Å². The lowest BCUT2D eigenvalue weighted by atomic mass is 9.80. The Labute approximate surface area is 128 Å². The summed E-state index contributed by atoms with van der Waals surface area (Å²) in [5.41, 5.74) is 2.71. The molecule has 2 rings (SSSR count). The number of benzene rings is 2. The monoisotopic (exact) mass is 282 g/mol. The molecule has 1 unspecified atom stereocenters. The molecular weight excluding hydrogens is 256 g/mol. The number of hydrogen-bond acceptors (Lipinski definition) is 2. The van der Waals surface area contributed by atoms with Crippen LogP contribution in [0.4, 0.5) is 5.69 Å². The van der Waals surface area contributed by atoms with Crippen LogP contribution in [-0.4, -0.2) is 20.6 Å². The second-order valence-electron chi connectivity index (χ2n) is 6.31. The summed E-state index contributed by atoms with van der Waals surface area (Å²) < 4.78 is 0. The van der Waals surface area contributed by atoms with Crippen molar-refractivity contribution >= 4 is 5.69 Å². The molecule has 0 heterocycles. The molecule has 0 aliphatic rings. The van der Waals surface area contributed by atoms with Crippen molar-refractivity contribution in [1.82, 2.24) is 5.32 Å². The zero-order valence-electron chi connectivity index (χ0n) is 13.5. The average Bonchev–Trinajstić information content (AvgIpc) is 2.49. The summed E-state index contributed by atoms with van der Waals surface area (Å²) in [6.45, 7) is 5.62. The molecular formula is C19H26N2. The summed E-state index contributed by atoms with van der Waals surface area (Å²) in [7, 11) is 4.21. The van der Waals surface area contributed by atoms with Gasteiger partial charge in [-0.25, -0.2) is 0 Å². The zero-order chi connectivity index (χ0) is 15.3. The van der Waals surface area contributed by atoms with E-state index in [1.165, 1.54) is 11.3 Å². The standard InChI is InChI=1S/C19H26N2/c1-19(2,15-21(4)17-13-9-6-10-14-17)18(20-3)16-11-7-5-8-12-16/h5-14,18,20H,15H2,1-4H3. The van der Waals surface area contributed by atoms with Crippen LogP contribution in [0.25, 0.3) is 0 Å². The summed E-state index contributed by atoms with van der Waals surface area (Å²) in [5, 5.41) is 3.49. The molecule has 21 heavy (non-hydrogen) atoms. The van der Waals surface area contributed by atoms with Crippen LogP contribution < -0.4 is 10.2 Å². The highest BCUT2D eigenvalue weighted by molar-refractivity contribution is 5.45. The van der Waals surface area contributed by atoms with Crippen molar-refractivity contribution in [3.63, 3.8) is 0 Å². The van der Waals surface area contributed by atoms with Gasteiger partial charge in [0.25, 0.3) is 0 Å². The fourth-order valence-corrected chi connectivity index (χ4v) is 3.13. The molecule has 0 fully saturated rings. The Kier molecular flexibility index (Phi) is 5.03. The lowest BCUT2D eigenvalue weighted by Crippen LogP contribution is -2.40. The minimum atomic E-state index is 0.112. The van der Waals surface area contributed by atoms with E-state index in [1.54, 1.807) is 0 Å². The number of rotatable bonds is 6. The van der Waals surface area contributed by atoms with E-state index in [1.807, 2.05) is 7.05 Å². The highest BCUT2D eigenvalue weighted by atomic mass is 15.1. The third-order valence-corrected chi connectivity index (χ3v) is 4.04. The fourth-order valence-electron chi connectivity index (χ4n) is 3.13. The molecule has 1 N–H and O–H groups in total. The van der Waals surface area contributed by atoms with Crippen LogP contribution in [0.1, 0.15) is 25.5 Å². The molecule has 0 saturated heterocycles. The molecule has 0 aliphatic heterocycles. The largest absolute Gasteiger partial charge is 0.374 e. The number of hydrogen-bond donors (Lipinski definition) is 1. The third-order valence-electron chi connectivity index (χ3n) is 4.04. The SMILES string of the molecule is CNC(c1ccccc1)C(C)(C)CN(C)c1ccccc1.